The molecule has 0 radical (unpaired) electrons. The Balaban J connectivity index is 2.27. The largest absolute Gasteiger partial charge is 0.356 e. The van der Waals surface area contributed by atoms with Crippen LogP contribution in [0.1, 0.15) is 19.8 Å². The number of aromatic nitrogens is 2. The number of hydrogen-bond acceptors (Lipinski definition) is 5. The van der Waals surface area contributed by atoms with Gasteiger partial charge in [-0.05, 0) is 13.3 Å². The zero-order chi connectivity index (χ0) is 13.5. The van der Waals surface area contributed by atoms with Gasteiger partial charge in [-0.2, -0.15) is 5.10 Å². The fourth-order valence-corrected chi connectivity index (χ4v) is 1.31. The van der Waals surface area contributed by atoms with Crippen LogP contribution in [0.25, 0.3) is 0 Å². The van der Waals surface area contributed by atoms with E-state index in [-0.39, 0.29) is 24.1 Å². The van der Waals surface area contributed by atoms with Crippen molar-refractivity contribution < 1.29 is 9.72 Å². The molecule has 1 unspecified atom stereocenters. The first-order valence-electron chi connectivity index (χ1n) is 5.68. The van der Waals surface area contributed by atoms with Gasteiger partial charge in [0.25, 0.3) is 0 Å². The van der Waals surface area contributed by atoms with Crippen LogP contribution in [0, 0.1) is 10.1 Å². The highest BCUT2D eigenvalue weighted by molar-refractivity contribution is 5.75. The summed E-state index contributed by atoms with van der Waals surface area (Å²) >= 11 is 0. The Morgan fingerprint density at radius 3 is 3.00 bits per heavy atom. The van der Waals surface area contributed by atoms with Gasteiger partial charge in [0, 0.05) is 25.6 Å². The predicted molar refractivity (Wildman–Crippen MR) is 64.8 cm³/mol. The van der Waals surface area contributed by atoms with E-state index in [1.54, 1.807) is 0 Å². The van der Waals surface area contributed by atoms with Crippen molar-refractivity contribution in [2.24, 2.45) is 5.73 Å². The maximum absolute atomic E-state index is 11.4. The zero-order valence-electron chi connectivity index (χ0n) is 10.2. The molecule has 0 saturated heterocycles. The van der Waals surface area contributed by atoms with Crippen LogP contribution < -0.4 is 11.1 Å². The van der Waals surface area contributed by atoms with Crippen molar-refractivity contribution in [3.05, 3.63) is 22.5 Å². The number of hydrogen-bond donors (Lipinski definition) is 2. The lowest BCUT2D eigenvalue weighted by Gasteiger charge is -2.07. The van der Waals surface area contributed by atoms with Crippen LogP contribution >= 0.6 is 0 Å². The lowest BCUT2D eigenvalue weighted by molar-refractivity contribution is -0.385. The minimum atomic E-state index is -0.522. The molecule has 0 bridgehead atoms. The van der Waals surface area contributed by atoms with Gasteiger partial charge in [0.1, 0.15) is 12.4 Å². The molecule has 0 aliphatic heterocycles. The van der Waals surface area contributed by atoms with E-state index < -0.39 is 4.92 Å². The summed E-state index contributed by atoms with van der Waals surface area (Å²) in [4.78, 5) is 21.3. The Morgan fingerprint density at radius 2 is 2.44 bits per heavy atom. The summed E-state index contributed by atoms with van der Waals surface area (Å²) in [6.07, 6.45) is 3.42. The van der Waals surface area contributed by atoms with Crippen molar-refractivity contribution in [3.8, 4) is 0 Å². The molecule has 0 fully saturated rings. The van der Waals surface area contributed by atoms with Gasteiger partial charge in [-0.15, -0.1) is 0 Å². The van der Waals surface area contributed by atoms with Crippen molar-refractivity contribution in [2.45, 2.75) is 32.4 Å². The van der Waals surface area contributed by atoms with Gasteiger partial charge in [0.2, 0.25) is 5.91 Å². The first-order chi connectivity index (χ1) is 8.49. The van der Waals surface area contributed by atoms with Gasteiger partial charge in [0.15, 0.2) is 0 Å². The standard InChI is InChI=1S/C10H17N5O3/c1-8(11)2-4-12-10(16)3-5-14-7-9(6-13-14)15(17)18/h6-8H,2-5,11H2,1H3,(H,12,16). The molecule has 18 heavy (non-hydrogen) atoms. The van der Waals surface area contributed by atoms with Gasteiger partial charge in [-0.3, -0.25) is 19.6 Å². The molecule has 8 heteroatoms. The molecule has 0 saturated carbocycles. The Kier molecular flexibility index (Phi) is 5.25. The molecule has 8 nitrogen and oxygen atoms in total. The fraction of sp³-hybridized carbons (Fsp3) is 0.600. The van der Waals surface area contributed by atoms with E-state index in [4.69, 9.17) is 5.73 Å². The molecule has 1 rings (SSSR count). The molecule has 100 valence electrons. The summed E-state index contributed by atoms with van der Waals surface area (Å²) in [6.45, 7) is 2.72. The van der Waals surface area contributed by atoms with E-state index in [0.29, 0.717) is 13.1 Å². The number of carbonyl (C=O) groups excluding carboxylic acids is 1. The minimum Gasteiger partial charge on any atom is -0.356 e. The summed E-state index contributed by atoms with van der Waals surface area (Å²) in [6, 6.07) is 0.0547. The summed E-state index contributed by atoms with van der Waals surface area (Å²) < 4.78 is 1.38. The third-order valence-corrected chi connectivity index (χ3v) is 2.32. The van der Waals surface area contributed by atoms with E-state index in [1.807, 2.05) is 6.92 Å². The van der Waals surface area contributed by atoms with Crippen molar-refractivity contribution in [3.63, 3.8) is 0 Å². The molecule has 0 aliphatic rings. The number of nitrogens with zero attached hydrogens (tertiary/aromatic N) is 3. The Bertz CT molecular complexity index is 415. The highest BCUT2D eigenvalue weighted by atomic mass is 16.6. The normalized spacial score (nSPS) is 12.1. The van der Waals surface area contributed by atoms with Crippen molar-refractivity contribution in [2.75, 3.05) is 6.54 Å². The van der Waals surface area contributed by atoms with E-state index >= 15 is 0 Å². The van der Waals surface area contributed by atoms with Gasteiger partial charge >= 0.3 is 5.69 Å². The van der Waals surface area contributed by atoms with Crippen LogP contribution in [-0.2, 0) is 11.3 Å². The lowest BCUT2D eigenvalue weighted by Crippen LogP contribution is -2.29. The van der Waals surface area contributed by atoms with Crippen molar-refractivity contribution >= 4 is 11.6 Å². The molecule has 0 aliphatic carbocycles. The monoisotopic (exact) mass is 255 g/mol. The van der Waals surface area contributed by atoms with Crippen LogP contribution in [0.15, 0.2) is 12.4 Å². The topological polar surface area (TPSA) is 116 Å². The van der Waals surface area contributed by atoms with E-state index in [0.717, 1.165) is 12.6 Å². The predicted octanol–water partition coefficient (Wildman–Crippen LogP) is 0.0349. The molecule has 1 atom stereocenters. The van der Waals surface area contributed by atoms with Gasteiger partial charge in [-0.25, -0.2) is 0 Å². The second-order valence-electron chi connectivity index (χ2n) is 4.08. The minimum absolute atomic E-state index is 0.0547. The zero-order valence-corrected chi connectivity index (χ0v) is 10.2. The molecular formula is C10H17N5O3. The highest BCUT2D eigenvalue weighted by Gasteiger charge is 2.09. The quantitative estimate of drug-likeness (QED) is 0.527. The lowest BCUT2D eigenvalue weighted by atomic mass is 10.2. The molecular weight excluding hydrogens is 238 g/mol. The fourth-order valence-electron chi connectivity index (χ4n) is 1.31. The van der Waals surface area contributed by atoms with Gasteiger partial charge in [-0.1, -0.05) is 0 Å². The Hall–Kier alpha value is -1.96. The second kappa shape index (κ2) is 6.70. The Labute approximate surface area is 104 Å². The first-order valence-corrected chi connectivity index (χ1v) is 5.68. The summed E-state index contributed by atoms with van der Waals surface area (Å²) in [5.41, 5.74) is 5.47. The van der Waals surface area contributed by atoms with Crippen LogP contribution in [0.3, 0.4) is 0 Å². The maximum Gasteiger partial charge on any atom is 0.306 e. The number of nitro groups is 1. The average molecular weight is 255 g/mol. The first kappa shape index (κ1) is 14.1. The third-order valence-electron chi connectivity index (χ3n) is 2.32. The van der Waals surface area contributed by atoms with Crippen molar-refractivity contribution in [1.29, 1.82) is 0 Å². The van der Waals surface area contributed by atoms with E-state index in [9.17, 15) is 14.9 Å². The van der Waals surface area contributed by atoms with Crippen LogP contribution in [0.5, 0.6) is 0 Å². The summed E-state index contributed by atoms with van der Waals surface area (Å²) in [7, 11) is 0. The Morgan fingerprint density at radius 1 is 1.72 bits per heavy atom. The number of aryl methyl sites for hydroxylation is 1. The molecule has 1 amide bonds. The number of nitrogens with one attached hydrogen (secondary N) is 1. The second-order valence-corrected chi connectivity index (χ2v) is 4.08. The molecule has 1 aromatic rings. The number of carbonyl (C=O) groups is 1. The van der Waals surface area contributed by atoms with Gasteiger partial charge in [0.05, 0.1) is 4.92 Å². The molecule has 0 spiro atoms. The smallest absolute Gasteiger partial charge is 0.306 e. The number of nitrogens with two attached hydrogens (primary N) is 1. The van der Waals surface area contributed by atoms with E-state index in [1.165, 1.54) is 10.9 Å². The van der Waals surface area contributed by atoms with Gasteiger partial charge < -0.3 is 11.1 Å². The summed E-state index contributed by atoms with van der Waals surface area (Å²) in [5, 5.41) is 16.9. The molecule has 0 aromatic carbocycles. The summed E-state index contributed by atoms with van der Waals surface area (Å²) in [5.74, 6) is -0.117. The van der Waals surface area contributed by atoms with E-state index in [2.05, 4.69) is 10.4 Å². The SMILES string of the molecule is CC(N)CCNC(=O)CCn1cc([N+](=O)[O-])cn1. The molecule has 1 aromatic heterocycles. The maximum atomic E-state index is 11.4. The molecule has 3 N–H and O–H groups in total. The third kappa shape index (κ3) is 4.91. The van der Waals surface area contributed by atoms with Crippen LogP contribution in [0.2, 0.25) is 0 Å². The highest BCUT2D eigenvalue weighted by Crippen LogP contribution is 2.07. The van der Waals surface area contributed by atoms with Crippen molar-refractivity contribution in [1.82, 2.24) is 15.1 Å². The van der Waals surface area contributed by atoms with Crippen LogP contribution in [-0.4, -0.2) is 33.2 Å². The van der Waals surface area contributed by atoms with Crippen LogP contribution in [0.4, 0.5) is 5.69 Å². The molecule has 1 heterocycles. The average Bonchev–Trinajstić information content (AvgIpc) is 2.74. The number of rotatable bonds is 7. The number of amides is 1.